The van der Waals surface area contributed by atoms with Crippen LogP contribution in [-0.4, -0.2) is 39.3 Å². The van der Waals surface area contributed by atoms with E-state index in [1.807, 2.05) is 0 Å². The summed E-state index contributed by atoms with van der Waals surface area (Å²) in [6, 6.07) is 0. The lowest BCUT2D eigenvalue weighted by Gasteiger charge is -2.10. The van der Waals surface area contributed by atoms with Crippen molar-refractivity contribution in [2.75, 3.05) is 18.9 Å². The molecule has 1 atom stereocenters. The molecule has 7 heteroatoms. The number of nitrogens with one attached hydrogen (secondary N) is 2. The standard InChI is InChI=1S/C8H17N3O3S/c9-8(10)3-4-11-15(12,13)6-7-2-1-5-14-7/h7,11H,1-6H2,(H3,9,10). The number of rotatable bonds is 6. The summed E-state index contributed by atoms with van der Waals surface area (Å²) < 4.78 is 30.5. The van der Waals surface area contributed by atoms with Crippen molar-refractivity contribution in [3.63, 3.8) is 0 Å². The van der Waals surface area contributed by atoms with Gasteiger partial charge in [0.15, 0.2) is 0 Å². The van der Waals surface area contributed by atoms with Gasteiger partial charge in [-0.25, -0.2) is 13.1 Å². The van der Waals surface area contributed by atoms with Crippen LogP contribution in [0.15, 0.2) is 0 Å². The van der Waals surface area contributed by atoms with Gasteiger partial charge in [-0.15, -0.1) is 0 Å². The zero-order valence-corrected chi connectivity index (χ0v) is 9.35. The van der Waals surface area contributed by atoms with E-state index in [4.69, 9.17) is 15.9 Å². The lowest BCUT2D eigenvalue weighted by atomic mass is 10.3. The maximum atomic E-state index is 11.5. The van der Waals surface area contributed by atoms with Crippen LogP contribution in [0, 0.1) is 5.41 Å². The molecular formula is C8H17N3O3S. The summed E-state index contributed by atoms with van der Waals surface area (Å²) in [6.07, 6.45) is 1.78. The molecule has 0 aromatic rings. The molecule has 1 fully saturated rings. The Morgan fingerprint density at radius 2 is 2.33 bits per heavy atom. The number of amidine groups is 1. The second-order valence-corrected chi connectivity index (χ2v) is 5.44. The monoisotopic (exact) mass is 235 g/mol. The molecule has 0 aromatic carbocycles. The number of hydrogen-bond donors (Lipinski definition) is 3. The number of nitrogens with two attached hydrogens (primary N) is 1. The smallest absolute Gasteiger partial charge is 0.214 e. The summed E-state index contributed by atoms with van der Waals surface area (Å²) in [5.41, 5.74) is 5.11. The van der Waals surface area contributed by atoms with E-state index in [0.29, 0.717) is 6.61 Å². The Morgan fingerprint density at radius 3 is 2.87 bits per heavy atom. The van der Waals surface area contributed by atoms with Gasteiger partial charge in [-0.3, -0.25) is 5.41 Å². The molecule has 0 radical (unpaired) electrons. The lowest BCUT2D eigenvalue weighted by Crippen LogP contribution is -2.33. The van der Waals surface area contributed by atoms with Crippen molar-refractivity contribution < 1.29 is 13.2 Å². The Hall–Kier alpha value is -0.660. The fourth-order valence-corrected chi connectivity index (χ4v) is 2.70. The van der Waals surface area contributed by atoms with Crippen LogP contribution >= 0.6 is 0 Å². The van der Waals surface area contributed by atoms with Gasteiger partial charge >= 0.3 is 0 Å². The minimum Gasteiger partial charge on any atom is -0.388 e. The molecular weight excluding hydrogens is 218 g/mol. The maximum Gasteiger partial charge on any atom is 0.214 e. The fourth-order valence-electron chi connectivity index (χ4n) is 1.42. The Bertz CT molecular complexity index is 309. The van der Waals surface area contributed by atoms with Gasteiger partial charge in [0, 0.05) is 19.6 Å². The van der Waals surface area contributed by atoms with E-state index in [1.165, 1.54) is 0 Å². The van der Waals surface area contributed by atoms with Crippen LogP contribution in [0.25, 0.3) is 0 Å². The summed E-state index contributed by atoms with van der Waals surface area (Å²) in [4.78, 5) is 0. The van der Waals surface area contributed by atoms with Crippen molar-refractivity contribution in [3.8, 4) is 0 Å². The van der Waals surface area contributed by atoms with Crippen molar-refractivity contribution >= 4 is 15.9 Å². The number of ether oxygens (including phenoxy) is 1. The number of hydrogen-bond acceptors (Lipinski definition) is 4. The van der Waals surface area contributed by atoms with Crippen LogP contribution in [0.3, 0.4) is 0 Å². The lowest BCUT2D eigenvalue weighted by molar-refractivity contribution is 0.127. The van der Waals surface area contributed by atoms with E-state index >= 15 is 0 Å². The molecule has 1 rings (SSSR count). The molecule has 15 heavy (non-hydrogen) atoms. The van der Waals surface area contributed by atoms with Crippen molar-refractivity contribution in [2.45, 2.75) is 25.4 Å². The topological polar surface area (TPSA) is 105 Å². The summed E-state index contributed by atoms with van der Waals surface area (Å²) in [5.74, 6) is -0.0138. The van der Waals surface area contributed by atoms with Gasteiger partial charge in [0.25, 0.3) is 0 Å². The van der Waals surface area contributed by atoms with Gasteiger partial charge in [0.1, 0.15) is 0 Å². The highest BCUT2D eigenvalue weighted by Crippen LogP contribution is 2.13. The van der Waals surface area contributed by atoms with Crippen LogP contribution in [0.4, 0.5) is 0 Å². The molecule has 4 N–H and O–H groups in total. The van der Waals surface area contributed by atoms with Gasteiger partial charge in [-0.1, -0.05) is 0 Å². The average Bonchev–Trinajstić information content (AvgIpc) is 2.54. The number of sulfonamides is 1. The van der Waals surface area contributed by atoms with Crippen molar-refractivity contribution in [2.24, 2.45) is 5.73 Å². The third kappa shape index (κ3) is 5.10. The summed E-state index contributed by atoms with van der Waals surface area (Å²) >= 11 is 0. The third-order valence-corrected chi connectivity index (χ3v) is 3.60. The Labute approximate surface area is 89.7 Å². The quantitative estimate of drug-likeness (QED) is 0.422. The highest BCUT2D eigenvalue weighted by atomic mass is 32.2. The van der Waals surface area contributed by atoms with Gasteiger partial charge in [-0.05, 0) is 12.8 Å². The van der Waals surface area contributed by atoms with Gasteiger partial charge in [0.05, 0.1) is 17.7 Å². The molecule has 0 spiro atoms. The third-order valence-electron chi connectivity index (χ3n) is 2.15. The van der Waals surface area contributed by atoms with Crippen LogP contribution < -0.4 is 10.5 Å². The summed E-state index contributed by atoms with van der Waals surface area (Å²) in [6.45, 7) is 0.831. The molecule has 0 bridgehead atoms. The SMILES string of the molecule is N=C(N)CCNS(=O)(=O)CC1CCCO1. The van der Waals surface area contributed by atoms with Crippen LogP contribution in [-0.2, 0) is 14.8 Å². The molecule has 0 amide bonds. The van der Waals surface area contributed by atoms with E-state index in [9.17, 15) is 8.42 Å². The largest absolute Gasteiger partial charge is 0.388 e. The van der Waals surface area contributed by atoms with E-state index in [0.717, 1.165) is 12.8 Å². The first-order valence-electron chi connectivity index (χ1n) is 4.91. The van der Waals surface area contributed by atoms with Crippen molar-refractivity contribution in [3.05, 3.63) is 0 Å². The van der Waals surface area contributed by atoms with Gasteiger partial charge < -0.3 is 10.5 Å². The minimum absolute atomic E-state index is 0.00487. The first-order chi connectivity index (χ1) is 6.99. The Morgan fingerprint density at radius 1 is 1.60 bits per heavy atom. The highest BCUT2D eigenvalue weighted by Gasteiger charge is 2.22. The normalized spacial score (nSPS) is 21.7. The molecule has 1 unspecified atom stereocenters. The Kier molecular flexibility index (Phi) is 4.49. The predicted octanol–water partition coefficient (Wildman–Crippen LogP) is -0.589. The van der Waals surface area contributed by atoms with E-state index in [2.05, 4.69) is 4.72 Å². The average molecular weight is 235 g/mol. The molecule has 1 heterocycles. The van der Waals surface area contributed by atoms with E-state index in [-0.39, 0.29) is 30.7 Å². The molecule has 88 valence electrons. The first-order valence-corrected chi connectivity index (χ1v) is 6.57. The zero-order valence-electron chi connectivity index (χ0n) is 8.53. The molecule has 0 aromatic heterocycles. The molecule has 1 aliphatic heterocycles. The van der Waals surface area contributed by atoms with Crippen molar-refractivity contribution in [1.82, 2.24) is 4.72 Å². The Balaban J connectivity index is 2.28. The predicted molar refractivity (Wildman–Crippen MR) is 57.3 cm³/mol. The first kappa shape index (κ1) is 12.4. The van der Waals surface area contributed by atoms with E-state index < -0.39 is 10.0 Å². The van der Waals surface area contributed by atoms with E-state index in [1.54, 1.807) is 0 Å². The highest BCUT2D eigenvalue weighted by molar-refractivity contribution is 7.89. The van der Waals surface area contributed by atoms with Gasteiger partial charge in [0.2, 0.25) is 10.0 Å². The second-order valence-electron chi connectivity index (χ2n) is 3.59. The summed E-state index contributed by atoms with van der Waals surface area (Å²) in [7, 11) is -3.29. The minimum atomic E-state index is -3.29. The van der Waals surface area contributed by atoms with Crippen LogP contribution in [0.1, 0.15) is 19.3 Å². The van der Waals surface area contributed by atoms with Crippen LogP contribution in [0.2, 0.25) is 0 Å². The molecule has 1 saturated heterocycles. The molecule has 0 aliphatic carbocycles. The second kappa shape index (κ2) is 5.43. The zero-order chi connectivity index (χ0) is 11.3. The molecule has 6 nitrogen and oxygen atoms in total. The maximum absolute atomic E-state index is 11.5. The fraction of sp³-hybridized carbons (Fsp3) is 0.875. The van der Waals surface area contributed by atoms with Gasteiger partial charge in [-0.2, -0.15) is 0 Å². The summed E-state index contributed by atoms with van der Waals surface area (Å²) in [5, 5.41) is 6.94. The molecule has 1 aliphatic rings. The van der Waals surface area contributed by atoms with Crippen molar-refractivity contribution in [1.29, 1.82) is 5.41 Å². The van der Waals surface area contributed by atoms with Crippen LogP contribution in [0.5, 0.6) is 0 Å². The molecule has 0 saturated carbocycles.